The van der Waals surface area contributed by atoms with Crippen LogP contribution in [0.15, 0.2) is 48.6 Å². The standard InChI is InChI=1S/C43H74O12S/c1-3-5-7-9-11-13-14-15-16-17-18-19-20-21-22-24-26-28-30-32-39(45)54-36(33-52-38(44)31-29-27-25-23-12-10-8-6-4-2)34-53-43-42(48)41(47)40(46)37(55-43)35-56(49,50)51/h5,7,11,13,15-16,18-19,36-37,40-43,46-48H,3-4,6,8-10,12,14,17,20-35H2,1-2H3,(H,49,50,51)/b7-5-,13-11-,16-15-,19-18-. The van der Waals surface area contributed by atoms with Crippen molar-refractivity contribution in [2.24, 2.45) is 0 Å². The summed E-state index contributed by atoms with van der Waals surface area (Å²) >= 11 is 0. The fourth-order valence-corrected chi connectivity index (χ4v) is 6.83. The zero-order valence-corrected chi connectivity index (χ0v) is 35.0. The fourth-order valence-electron chi connectivity index (χ4n) is 6.14. The molecule has 1 fully saturated rings. The van der Waals surface area contributed by atoms with Crippen LogP contribution in [0, 0.1) is 0 Å². The predicted molar refractivity (Wildman–Crippen MR) is 219 cm³/mol. The van der Waals surface area contributed by atoms with Crippen LogP contribution in [0.4, 0.5) is 0 Å². The van der Waals surface area contributed by atoms with Gasteiger partial charge in [-0.15, -0.1) is 0 Å². The number of allylic oxidation sites excluding steroid dienone is 8. The van der Waals surface area contributed by atoms with Gasteiger partial charge in [-0.3, -0.25) is 14.1 Å². The molecule has 12 nitrogen and oxygen atoms in total. The molecular weight excluding hydrogens is 741 g/mol. The number of esters is 2. The third kappa shape index (κ3) is 28.1. The van der Waals surface area contributed by atoms with Crippen LogP contribution in [0.1, 0.15) is 155 Å². The van der Waals surface area contributed by atoms with Gasteiger partial charge in [0.15, 0.2) is 12.4 Å². The lowest BCUT2D eigenvalue weighted by Crippen LogP contribution is -2.60. The lowest BCUT2D eigenvalue weighted by molar-refractivity contribution is -0.297. The van der Waals surface area contributed by atoms with E-state index in [9.17, 15) is 37.9 Å². The lowest BCUT2D eigenvalue weighted by atomic mass is 10.00. The van der Waals surface area contributed by atoms with E-state index in [1.54, 1.807) is 0 Å². The van der Waals surface area contributed by atoms with Crippen LogP contribution >= 0.6 is 0 Å². The summed E-state index contributed by atoms with van der Waals surface area (Å²) in [5, 5.41) is 30.8. The Morgan fingerprint density at radius 1 is 0.625 bits per heavy atom. The number of aliphatic hydroxyl groups is 3. The molecule has 1 aliphatic heterocycles. The quantitative estimate of drug-likeness (QED) is 0.0213. The van der Waals surface area contributed by atoms with E-state index in [1.165, 1.54) is 32.1 Å². The largest absolute Gasteiger partial charge is 0.462 e. The molecule has 0 aromatic rings. The van der Waals surface area contributed by atoms with Crippen molar-refractivity contribution < 1.29 is 56.8 Å². The number of ether oxygens (including phenoxy) is 4. The zero-order chi connectivity index (χ0) is 41.3. The highest BCUT2D eigenvalue weighted by Gasteiger charge is 2.46. The molecule has 0 aliphatic carbocycles. The van der Waals surface area contributed by atoms with Crippen molar-refractivity contribution in [2.45, 2.75) is 192 Å². The number of hydrogen-bond donors (Lipinski definition) is 4. The van der Waals surface area contributed by atoms with E-state index in [-0.39, 0.29) is 19.4 Å². The molecule has 56 heavy (non-hydrogen) atoms. The van der Waals surface area contributed by atoms with E-state index in [0.29, 0.717) is 12.8 Å². The maximum Gasteiger partial charge on any atom is 0.306 e. The van der Waals surface area contributed by atoms with Gasteiger partial charge in [0.05, 0.1) is 6.61 Å². The Hall–Kier alpha value is -2.39. The molecule has 1 aliphatic rings. The zero-order valence-electron chi connectivity index (χ0n) is 34.2. The average Bonchev–Trinajstić information content (AvgIpc) is 3.16. The Kier molecular flexibility index (Phi) is 30.9. The van der Waals surface area contributed by atoms with Crippen LogP contribution in [0.25, 0.3) is 0 Å². The van der Waals surface area contributed by atoms with Gasteiger partial charge in [0, 0.05) is 12.8 Å². The smallest absolute Gasteiger partial charge is 0.306 e. The van der Waals surface area contributed by atoms with Gasteiger partial charge in [0.1, 0.15) is 36.8 Å². The molecule has 0 saturated carbocycles. The Bertz CT molecular complexity index is 1230. The van der Waals surface area contributed by atoms with E-state index in [2.05, 4.69) is 62.5 Å². The normalized spacial score (nSPS) is 21.1. The molecule has 1 heterocycles. The van der Waals surface area contributed by atoms with Crippen LogP contribution < -0.4 is 0 Å². The maximum atomic E-state index is 12.8. The minimum atomic E-state index is -4.60. The summed E-state index contributed by atoms with van der Waals surface area (Å²) in [6, 6.07) is 0. The van der Waals surface area contributed by atoms with Crippen LogP contribution in [0.5, 0.6) is 0 Å². The van der Waals surface area contributed by atoms with Gasteiger partial charge in [0.2, 0.25) is 0 Å². The Balaban J connectivity index is 2.46. The third-order valence-corrected chi connectivity index (χ3v) is 10.2. The molecule has 324 valence electrons. The number of unbranched alkanes of at least 4 members (excludes halogenated alkanes) is 14. The molecule has 1 saturated heterocycles. The van der Waals surface area contributed by atoms with Gasteiger partial charge in [0.25, 0.3) is 10.1 Å². The van der Waals surface area contributed by atoms with Gasteiger partial charge in [-0.1, -0.05) is 140 Å². The van der Waals surface area contributed by atoms with Crippen molar-refractivity contribution >= 4 is 22.1 Å². The molecule has 0 aromatic carbocycles. The predicted octanol–water partition coefficient (Wildman–Crippen LogP) is 8.00. The summed E-state index contributed by atoms with van der Waals surface area (Å²) in [5.74, 6) is -2.01. The molecular formula is C43H74O12S. The minimum Gasteiger partial charge on any atom is -0.462 e. The summed E-state index contributed by atoms with van der Waals surface area (Å²) < 4.78 is 53.9. The monoisotopic (exact) mass is 814 g/mol. The molecule has 0 aromatic heterocycles. The van der Waals surface area contributed by atoms with Crippen molar-refractivity contribution in [3.8, 4) is 0 Å². The van der Waals surface area contributed by atoms with Crippen LogP contribution in [-0.2, 0) is 38.7 Å². The van der Waals surface area contributed by atoms with Gasteiger partial charge in [-0.2, -0.15) is 8.42 Å². The molecule has 4 N–H and O–H groups in total. The van der Waals surface area contributed by atoms with E-state index >= 15 is 0 Å². The number of hydrogen-bond acceptors (Lipinski definition) is 11. The highest BCUT2D eigenvalue weighted by atomic mass is 32.2. The first-order valence-corrected chi connectivity index (χ1v) is 22.8. The molecule has 0 radical (unpaired) electrons. The molecule has 1 rings (SSSR count). The molecule has 0 spiro atoms. The Morgan fingerprint density at radius 3 is 1.68 bits per heavy atom. The van der Waals surface area contributed by atoms with E-state index in [1.807, 2.05) is 0 Å². The number of carbonyl (C=O) groups excluding carboxylic acids is 2. The second-order valence-electron chi connectivity index (χ2n) is 14.6. The SMILES string of the molecule is CC/C=C\C/C=C\C/C=C\C/C=C\CCCCCCCCC(=O)OC(COC(=O)CCCCCCCCCCC)COC1OC(CS(=O)(=O)O)C(O)C(O)C1O. The number of aliphatic hydroxyl groups excluding tert-OH is 3. The number of rotatable bonds is 34. The van der Waals surface area contributed by atoms with Gasteiger partial charge < -0.3 is 34.3 Å². The second kappa shape index (κ2) is 33.6. The summed E-state index contributed by atoms with van der Waals surface area (Å²) in [6.45, 7) is 3.59. The Morgan fingerprint density at radius 2 is 1.12 bits per heavy atom. The van der Waals surface area contributed by atoms with Crippen molar-refractivity contribution in [3.05, 3.63) is 48.6 Å². The summed E-state index contributed by atoms with van der Waals surface area (Å²) in [7, 11) is -4.60. The van der Waals surface area contributed by atoms with Crippen LogP contribution in [-0.4, -0.2) is 96.0 Å². The first-order chi connectivity index (χ1) is 27.0. The summed E-state index contributed by atoms with van der Waals surface area (Å²) in [5.41, 5.74) is 0. The molecule has 0 bridgehead atoms. The second-order valence-corrected chi connectivity index (χ2v) is 16.1. The first-order valence-electron chi connectivity index (χ1n) is 21.2. The average molecular weight is 815 g/mol. The van der Waals surface area contributed by atoms with Gasteiger partial charge in [-0.25, -0.2) is 0 Å². The third-order valence-electron chi connectivity index (χ3n) is 9.42. The number of carbonyl (C=O) groups is 2. The highest BCUT2D eigenvalue weighted by Crippen LogP contribution is 2.24. The minimum absolute atomic E-state index is 0.148. The summed E-state index contributed by atoms with van der Waals surface area (Å²) in [6.07, 6.45) is 28.8. The topological polar surface area (TPSA) is 186 Å². The molecule has 6 unspecified atom stereocenters. The van der Waals surface area contributed by atoms with E-state index < -0.39 is 71.2 Å². The van der Waals surface area contributed by atoms with Crippen molar-refractivity contribution in [3.63, 3.8) is 0 Å². The summed E-state index contributed by atoms with van der Waals surface area (Å²) in [4.78, 5) is 25.3. The first kappa shape index (κ1) is 51.6. The van der Waals surface area contributed by atoms with Gasteiger partial charge in [-0.05, 0) is 51.4 Å². The molecule has 0 amide bonds. The maximum absolute atomic E-state index is 12.8. The van der Waals surface area contributed by atoms with E-state index in [4.69, 9.17) is 18.9 Å². The fraction of sp³-hybridized carbons (Fsp3) is 0.767. The van der Waals surface area contributed by atoms with Gasteiger partial charge >= 0.3 is 11.9 Å². The van der Waals surface area contributed by atoms with Crippen LogP contribution in [0.3, 0.4) is 0 Å². The highest BCUT2D eigenvalue weighted by molar-refractivity contribution is 7.85. The Labute approximate surface area is 337 Å². The van der Waals surface area contributed by atoms with Crippen LogP contribution in [0.2, 0.25) is 0 Å². The lowest BCUT2D eigenvalue weighted by Gasteiger charge is -2.40. The van der Waals surface area contributed by atoms with Crippen molar-refractivity contribution in [1.82, 2.24) is 0 Å². The van der Waals surface area contributed by atoms with Crippen molar-refractivity contribution in [2.75, 3.05) is 19.0 Å². The molecule has 6 atom stereocenters. The van der Waals surface area contributed by atoms with E-state index in [0.717, 1.165) is 83.5 Å². The molecule has 13 heteroatoms. The van der Waals surface area contributed by atoms with Crippen molar-refractivity contribution in [1.29, 1.82) is 0 Å².